The molecule has 0 unspecified atom stereocenters. The van der Waals surface area contributed by atoms with E-state index in [1.807, 2.05) is 18.2 Å². The molecule has 3 rings (SSSR count). The Hall–Kier alpha value is -2.89. The molecule has 2 aromatic heterocycles. The number of anilines is 1. The molecule has 0 aliphatic rings. The Morgan fingerprint density at radius 1 is 1.23 bits per heavy atom. The first-order chi connectivity index (χ1) is 10.5. The quantitative estimate of drug-likeness (QED) is 0.575. The van der Waals surface area contributed by atoms with Crippen LogP contribution in [0.1, 0.15) is 21.7 Å². The van der Waals surface area contributed by atoms with Gasteiger partial charge in [-0.1, -0.05) is 6.07 Å². The Kier molecular flexibility index (Phi) is 3.29. The normalized spacial score (nSPS) is 10.9. The van der Waals surface area contributed by atoms with Crippen LogP contribution in [0.5, 0.6) is 0 Å². The van der Waals surface area contributed by atoms with Crippen LogP contribution in [0.4, 0.5) is 5.69 Å². The lowest BCUT2D eigenvalue weighted by atomic mass is 10.1. The number of carbonyl (C=O) groups is 2. The zero-order valence-corrected chi connectivity index (χ0v) is 12.6. The fourth-order valence-corrected chi connectivity index (χ4v) is 2.59. The summed E-state index contributed by atoms with van der Waals surface area (Å²) in [5, 5.41) is 7.73. The first-order valence-corrected chi connectivity index (χ1v) is 6.91. The standard InChI is InChI=1S/C16H16N4O2/c1-9-14(10(2)20(3)19-9)15(21)16(22)18-13-6-4-5-12-11(13)7-8-17-12/h4-8,17H,1-3H3,(H,18,22). The van der Waals surface area contributed by atoms with Crippen molar-refractivity contribution in [3.05, 3.63) is 47.4 Å². The molecule has 6 nitrogen and oxygen atoms in total. The number of aryl methyl sites for hydroxylation is 2. The summed E-state index contributed by atoms with van der Waals surface area (Å²) < 4.78 is 1.60. The number of hydrogen-bond donors (Lipinski definition) is 2. The third-order valence-electron chi connectivity index (χ3n) is 3.79. The van der Waals surface area contributed by atoms with Gasteiger partial charge in [-0.05, 0) is 32.0 Å². The maximum atomic E-state index is 12.4. The molecule has 0 aliphatic heterocycles. The van der Waals surface area contributed by atoms with Crippen LogP contribution in [-0.4, -0.2) is 26.5 Å². The second-order valence-electron chi connectivity index (χ2n) is 5.20. The second kappa shape index (κ2) is 5.14. The average molecular weight is 296 g/mol. The minimum atomic E-state index is -0.659. The summed E-state index contributed by atoms with van der Waals surface area (Å²) in [6, 6.07) is 7.35. The van der Waals surface area contributed by atoms with E-state index in [1.165, 1.54) is 0 Å². The number of ketones is 1. The molecule has 0 saturated carbocycles. The van der Waals surface area contributed by atoms with Crippen molar-refractivity contribution < 1.29 is 9.59 Å². The summed E-state index contributed by atoms with van der Waals surface area (Å²) in [5.74, 6) is -1.23. The number of carbonyl (C=O) groups excluding carboxylic acids is 2. The molecule has 0 radical (unpaired) electrons. The zero-order chi connectivity index (χ0) is 15.9. The highest BCUT2D eigenvalue weighted by Crippen LogP contribution is 2.22. The van der Waals surface area contributed by atoms with Crippen LogP contribution in [-0.2, 0) is 11.8 Å². The number of aromatic nitrogens is 3. The van der Waals surface area contributed by atoms with Crippen molar-refractivity contribution in [2.45, 2.75) is 13.8 Å². The summed E-state index contributed by atoms with van der Waals surface area (Å²) in [6.07, 6.45) is 1.79. The smallest absolute Gasteiger partial charge is 0.296 e. The summed E-state index contributed by atoms with van der Waals surface area (Å²) >= 11 is 0. The topological polar surface area (TPSA) is 79.8 Å². The molecule has 112 valence electrons. The van der Waals surface area contributed by atoms with Crippen molar-refractivity contribution in [3.63, 3.8) is 0 Å². The van der Waals surface area contributed by atoms with E-state index >= 15 is 0 Å². The van der Waals surface area contributed by atoms with E-state index in [0.717, 1.165) is 10.9 Å². The highest BCUT2D eigenvalue weighted by atomic mass is 16.2. The van der Waals surface area contributed by atoms with E-state index in [2.05, 4.69) is 15.4 Å². The molecule has 0 saturated heterocycles. The van der Waals surface area contributed by atoms with Crippen LogP contribution >= 0.6 is 0 Å². The number of rotatable bonds is 3. The van der Waals surface area contributed by atoms with Gasteiger partial charge in [0, 0.05) is 29.8 Å². The van der Waals surface area contributed by atoms with Gasteiger partial charge in [0.05, 0.1) is 16.9 Å². The number of Topliss-reactive ketones (excluding diaryl/α,β-unsaturated/α-hetero) is 1. The number of amides is 1. The molecule has 1 amide bonds. The molecule has 1 aromatic carbocycles. The first-order valence-electron chi connectivity index (χ1n) is 6.91. The van der Waals surface area contributed by atoms with Crippen molar-refractivity contribution in [2.24, 2.45) is 7.05 Å². The van der Waals surface area contributed by atoms with Gasteiger partial charge in [0.15, 0.2) is 0 Å². The lowest BCUT2D eigenvalue weighted by Crippen LogP contribution is -2.24. The zero-order valence-electron chi connectivity index (χ0n) is 12.6. The van der Waals surface area contributed by atoms with Crippen LogP contribution in [0, 0.1) is 13.8 Å². The number of hydrogen-bond acceptors (Lipinski definition) is 3. The van der Waals surface area contributed by atoms with Gasteiger partial charge in [-0.25, -0.2) is 0 Å². The molecule has 0 fully saturated rings. The van der Waals surface area contributed by atoms with E-state index in [9.17, 15) is 9.59 Å². The van der Waals surface area contributed by atoms with Gasteiger partial charge < -0.3 is 10.3 Å². The van der Waals surface area contributed by atoms with E-state index in [4.69, 9.17) is 0 Å². The van der Waals surface area contributed by atoms with Crippen molar-refractivity contribution in [1.82, 2.24) is 14.8 Å². The molecule has 0 spiro atoms. The summed E-state index contributed by atoms with van der Waals surface area (Å²) in [5.41, 5.74) is 3.11. The Morgan fingerprint density at radius 3 is 2.68 bits per heavy atom. The second-order valence-corrected chi connectivity index (χ2v) is 5.20. The van der Waals surface area contributed by atoms with Gasteiger partial charge in [-0.2, -0.15) is 5.10 Å². The molecule has 6 heteroatoms. The third kappa shape index (κ3) is 2.18. The maximum Gasteiger partial charge on any atom is 0.296 e. The molecular formula is C16H16N4O2. The van der Waals surface area contributed by atoms with Gasteiger partial charge in [-0.3, -0.25) is 14.3 Å². The first kappa shape index (κ1) is 14.1. The summed E-state index contributed by atoms with van der Waals surface area (Å²) in [4.78, 5) is 27.8. The van der Waals surface area contributed by atoms with Gasteiger partial charge in [0.1, 0.15) is 0 Å². The van der Waals surface area contributed by atoms with Crippen LogP contribution in [0.15, 0.2) is 30.5 Å². The molecule has 0 aliphatic carbocycles. The van der Waals surface area contributed by atoms with Crippen LogP contribution < -0.4 is 5.32 Å². The Bertz CT molecular complexity index is 889. The summed E-state index contributed by atoms with van der Waals surface area (Å²) in [6.45, 7) is 3.49. The van der Waals surface area contributed by atoms with E-state index in [0.29, 0.717) is 22.6 Å². The number of H-pyrrole nitrogens is 1. The van der Waals surface area contributed by atoms with E-state index < -0.39 is 11.7 Å². The van der Waals surface area contributed by atoms with Crippen molar-refractivity contribution in [2.75, 3.05) is 5.32 Å². The molecule has 22 heavy (non-hydrogen) atoms. The average Bonchev–Trinajstić information content (AvgIpc) is 3.04. The van der Waals surface area contributed by atoms with E-state index in [-0.39, 0.29) is 0 Å². The third-order valence-corrected chi connectivity index (χ3v) is 3.79. The van der Waals surface area contributed by atoms with Gasteiger partial charge in [0.2, 0.25) is 0 Å². The number of nitrogens with zero attached hydrogens (tertiary/aromatic N) is 2. The number of fused-ring (bicyclic) bond motifs is 1. The largest absolute Gasteiger partial charge is 0.361 e. The predicted molar refractivity (Wildman–Crippen MR) is 83.9 cm³/mol. The van der Waals surface area contributed by atoms with Crippen LogP contribution in [0.3, 0.4) is 0 Å². The number of aromatic amines is 1. The lowest BCUT2D eigenvalue weighted by Gasteiger charge is -2.06. The molecule has 2 N–H and O–H groups in total. The monoisotopic (exact) mass is 296 g/mol. The Morgan fingerprint density at radius 2 is 2.00 bits per heavy atom. The Labute approximate surface area is 127 Å². The minimum absolute atomic E-state index is 0.362. The number of benzene rings is 1. The number of nitrogens with one attached hydrogen (secondary N) is 2. The Balaban J connectivity index is 1.91. The van der Waals surface area contributed by atoms with E-state index in [1.54, 1.807) is 37.8 Å². The van der Waals surface area contributed by atoms with Crippen LogP contribution in [0.2, 0.25) is 0 Å². The van der Waals surface area contributed by atoms with Crippen molar-refractivity contribution in [1.29, 1.82) is 0 Å². The van der Waals surface area contributed by atoms with Crippen molar-refractivity contribution >= 4 is 28.3 Å². The lowest BCUT2D eigenvalue weighted by molar-refractivity contribution is -0.112. The molecule has 2 heterocycles. The highest BCUT2D eigenvalue weighted by Gasteiger charge is 2.24. The maximum absolute atomic E-state index is 12.4. The highest BCUT2D eigenvalue weighted by molar-refractivity contribution is 6.47. The predicted octanol–water partition coefficient (Wildman–Crippen LogP) is 2.34. The van der Waals surface area contributed by atoms with Crippen LogP contribution in [0.25, 0.3) is 10.9 Å². The fourth-order valence-electron chi connectivity index (χ4n) is 2.59. The molecule has 0 bridgehead atoms. The molecule has 0 atom stereocenters. The SMILES string of the molecule is Cc1nn(C)c(C)c1C(=O)C(=O)Nc1cccc2[nH]ccc12. The minimum Gasteiger partial charge on any atom is -0.361 e. The van der Waals surface area contributed by atoms with Crippen molar-refractivity contribution in [3.8, 4) is 0 Å². The fraction of sp³-hybridized carbons (Fsp3) is 0.188. The van der Waals surface area contributed by atoms with Gasteiger partial charge in [-0.15, -0.1) is 0 Å². The van der Waals surface area contributed by atoms with Gasteiger partial charge >= 0.3 is 0 Å². The molecule has 3 aromatic rings. The summed E-state index contributed by atoms with van der Waals surface area (Å²) in [7, 11) is 1.75. The molecular weight excluding hydrogens is 280 g/mol. The van der Waals surface area contributed by atoms with Gasteiger partial charge in [0.25, 0.3) is 11.7 Å².